The molecular formula is C26H31F5. The molecule has 1 aliphatic rings. The van der Waals surface area contributed by atoms with Crippen molar-refractivity contribution in [3.05, 3.63) is 59.7 Å². The van der Waals surface area contributed by atoms with E-state index in [1.54, 1.807) is 0 Å². The van der Waals surface area contributed by atoms with E-state index < -0.39 is 17.7 Å². The van der Waals surface area contributed by atoms with Gasteiger partial charge in [-0.05, 0) is 54.2 Å². The van der Waals surface area contributed by atoms with Gasteiger partial charge >= 0.3 is 12.1 Å². The third-order valence-corrected chi connectivity index (χ3v) is 6.63. The zero-order valence-corrected chi connectivity index (χ0v) is 18.0. The molecule has 170 valence electrons. The Morgan fingerprint density at radius 1 is 0.710 bits per heavy atom. The van der Waals surface area contributed by atoms with Crippen molar-refractivity contribution >= 4 is 0 Å². The van der Waals surface area contributed by atoms with Gasteiger partial charge in [-0.1, -0.05) is 87.6 Å². The van der Waals surface area contributed by atoms with Crippen LogP contribution in [0.1, 0.15) is 81.8 Å². The minimum absolute atomic E-state index is 0.550. The van der Waals surface area contributed by atoms with E-state index in [9.17, 15) is 22.0 Å². The van der Waals surface area contributed by atoms with Crippen LogP contribution in [0.25, 0.3) is 11.1 Å². The van der Waals surface area contributed by atoms with Crippen LogP contribution in [0.3, 0.4) is 0 Å². The van der Waals surface area contributed by atoms with Crippen molar-refractivity contribution in [2.24, 2.45) is 5.92 Å². The standard InChI is InChI=1S/C26H31F5/c1-2-3-4-5-6-19-7-9-20(10-8-19)21-11-13-22(14-12-21)23-15-17-24(18-16-23)25(27,28)26(29,30)31/h11-20H,2-10H2,1H3. The molecule has 0 atom stereocenters. The van der Waals surface area contributed by atoms with Crippen LogP contribution in [-0.2, 0) is 5.92 Å². The monoisotopic (exact) mass is 438 g/mol. The number of unbranched alkanes of at least 4 members (excludes halogenated alkanes) is 3. The van der Waals surface area contributed by atoms with Crippen molar-refractivity contribution in [2.45, 2.75) is 82.7 Å². The maximum Gasteiger partial charge on any atom is 0.458 e. The molecule has 0 aliphatic heterocycles. The maximum absolute atomic E-state index is 13.5. The van der Waals surface area contributed by atoms with E-state index >= 15 is 0 Å². The lowest BCUT2D eigenvalue weighted by Crippen LogP contribution is -2.33. The molecular weight excluding hydrogens is 407 g/mol. The molecule has 0 N–H and O–H groups in total. The van der Waals surface area contributed by atoms with Gasteiger partial charge in [-0.3, -0.25) is 0 Å². The molecule has 2 aromatic rings. The summed E-state index contributed by atoms with van der Waals surface area (Å²) in [6.45, 7) is 2.23. The highest BCUT2D eigenvalue weighted by molar-refractivity contribution is 5.64. The first-order chi connectivity index (χ1) is 14.7. The Morgan fingerprint density at radius 2 is 1.26 bits per heavy atom. The number of alkyl halides is 5. The lowest BCUT2D eigenvalue weighted by molar-refractivity contribution is -0.289. The molecule has 0 nitrogen and oxygen atoms in total. The van der Waals surface area contributed by atoms with Crippen LogP contribution in [0, 0.1) is 5.92 Å². The normalized spacial score (nSPS) is 20.1. The first-order valence-electron chi connectivity index (χ1n) is 11.4. The van der Waals surface area contributed by atoms with Crippen LogP contribution in [-0.4, -0.2) is 6.18 Å². The van der Waals surface area contributed by atoms with Gasteiger partial charge < -0.3 is 0 Å². The van der Waals surface area contributed by atoms with Gasteiger partial charge in [0, 0.05) is 5.56 Å². The lowest BCUT2D eigenvalue weighted by atomic mass is 9.77. The molecule has 0 unspecified atom stereocenters. The molecule has 1 fully saturated rings. The maximum atomic E-state index is 13.5. The first-order valence-corrected chi connectivity index (χ1v) is 11.4. The summed E-state index contributed by atoms with van der Waals surface area (Å²) in [6.07, 6.45) is 5.96. The second-order valence-corrected chi connectivity index (χ2v) is 8.84. The van der Waals surface area contributed by atoms with Crippen LogP contribution in [0.2, 0.25) is 0 Å². The summed E-state index contributed by atoms with van der Waals surface area (Å²) in [6, 6.07) is 12.4. The van der Waals surface area contributed by atoms with Crippen molar-refractivity contribution < 1.29 is 22.0 Å². The lowest BCUT2D eigenvalue weighted by Gasteiger charge is -2.29. The summed E-state index contributed by atoms with van der Waals surface area (Å²) in [5.41, 5.74) is 1.69. The van der Waals surface area contributed by atoms with E-state index in [4.69, 9.17) is 0 Å². The molecule has 0 spiro atoms. The Morgan fingerprint density at radius 3 is 1.77 bits per heavy atom. The predicted octanol–water partition coefficient (Wildman–Crippen LogP) is 9.25. The number of hydrogen-bond acceptors (Lipinski definition) is 0. The third kappa shape index (κ3) is 5.87. The fourth-order valence-electron chi connectivity index (χ4n) is 4.63. The van der Waals surface area contributed by atoms with Gasteiger partial charge in [0.25, 0.3) is 0 Å². The van der Waals surface area contributed by atoms with Gasteiger partial charge in [0.2, 0.25) is 0 Å². The Kier molecular flexibility index (Phi) is 7.77. The minimum atomic E-state index is -5.59. The Hall–Kier alpha value is -1.91. The molecule has 0 amide bonds. The van der Waals surface area contributed by atoms with Crippen LogP contribution >= 0.6 is 0 Å². The van der Waals surface area contributed by atoms with Gasteiger partial charge in [0.05, 0.1) is 0 Å². The SMILES string of the molecule is CCCCCCC1CCC(c2ccc(-c3ccc(C(F)(F)C(F)(F)F)cc3)cc2)CC1. The van der Waals surface area contributed by atoms with Gasteiger partial charge in [0.1, 0.15) is 0 Å². The number of rotatable bonds is 8. The predicted molar refractivity (Wildman–Crippen MR) is 115 cm³/mol. The second kappa shape index (κ2) is 10.1. The van der Waals surface area contributed by atoms with Crippen LogP contribution in [0.5, 0.6) is 0 Å². The number of benzene rings is 2. The highest BCUT2D eigenvalue weighted by Crippen LogP contribution is 2.44. The minimum Gasteiger partial charge on any atom is -0.191 e. The van der Waals surface area contributed by atoms with Crippen molar-refractivity contribution in [1.82, 2.24) is 0 Å². The number of hydrogen-bond donors (Lipinski definition) is 0. The first kappa shape index (κ1) is 23.7. The molecule has 0 saturated heterocycles. The highest BCUT2D eigenvalue weighted by atomic mass is 19.4. The molecule has 2 aromatic carbocycles. The van der Waals surface area contributed by atoms with Gasteiger partial charge in [-0.15, -0.1) is 0 Å². The average molecular weight is 439 g/mol. The summed E-state index contributed by atoms with van der Waals surface area (Å²) < 4.78 is 64.5. The van der Waals surface area contributed by atoms with Crippen molar-refractivity contribution in [3.8, 4) is 11.1 Å². The molecule has 5 heteroatoms. The van der Waals surface area contributed by atoms with Crippen LogP contribution in [0.15, 0.2) is 48.5 Å². The second-order valence-electron chi connectivity index (χ2n) is 8.84. The fraction of sp³-hybridized carbons (Fsp3) is 0.538. The smallest absolute Gasteiger partial charge is 0.191 e. The molecule has 3 rings (SSSR count). The van der Waals surface area contributed by atoms with Crippen molar-refractivity contribution in [1.29, 1.82) is 0 Å². The van der Waals surface area contributed by atoms with Gasteiger partial charge in [0.15, 0.2) is 0 Å². The zero-order chi connectivity index (χ0) is 22.5. The van der Waals surface area contributed by atoms with Crippen LogP contribution in [0.4, 0.5) is 22.0 Å². The van der Waals surface area contributed by atoms with E-state index in [0.29, 0.717) is 11.5 Å². The molecule has 0 heterocycles. The average Bonchev–Trinajstić information content (AvgIpc) is 2.77. The summed E-state index contributed by atoms with van der Waals surface area (Å²) in [7, 11) is 0. The third-order valence-electron chi connectivity index (χ3n) is 6.63. The summed E-state index contributed by atoms with van der Waals surface area (Å²) in [5, 5.41) is 0. The van der Waals surface area contributed by atoms with Crippen LogP contribution < -0.4 is 0 Å². The Labute approximate surface area is 181 Å². The highest BCUT2D eigenvalue weighted by Gasteiger charge is 2.58. The molecule has 31 heavy (non-hydrogen) atoms. The Bertz CT molecular complexity index is 797. The van der Waals surface area contributed by atoms with Gasteiger partial charge in [-0.25, -0.2) is 0 Å². The van der Waals surface area contributed by atoms with E-state index in [-0.39, 0.29) is 0 Å². The summed E-state index contributed by atoms with van der Waals surface area (Å²) in [4.78, 5) is 0. The zero-order valence-electron chi connectivity index (χ0n) is 18.0. The molecule has 1 aliphatic carbocycles. The Balaban J connectivity index is 1.57. The van der Waals surface area contributed by atoms with Gasteiger partial charge in [-0.2, -0.15) is 22.0 Å². The largest absolute Gasteiger partial charge is 0.458 e. The molecule has 0 bridgehead atoms. The molecule has 1 saturated carbocycles. The summed E-state index contributed by atoms with van der Waals surface area (Å²) in [5.74, 6) is -3.45. The van der Waals surface area contributed by atoms with E-state index in [0.717, 1.165) is 23.6 Å². The van der Waals surface area contributed by atoms with Crippen molar-refractivity contribution in [2.75, 3.05) is 0 Å². The van der Waals surface area contributed by atoms with E-state index in [2.05, 4.69) is 19.1 Å². The van der Waals surface area contributed by atoms with E-state index in [1.807, 2.05) is 12.1 Å². The summed E-state index contributed by atoms with van der Waals surface area (Å²) >= 11 is 0. The molecule has 0 radical (unpaired) electrons. The van der Waals surface area contributed by atoms with Crippen molar-refractivity contribution in [3.63, 3.8) is 0 Å². The number of halogens is 5. The fourth-order valence-corrected chi connectivity index (χ4v) is 4.63. The topological polar surface area (TPSA) is 0 Å². The quantitative estimate of drug-likeness (QED) is 0.285. The molecule has 0 aromatic heterocycles. The van der Waals surface area contributed by atoms with E-state index in [1.165, 1.54) is 75.5 Å².